The van der Waals surface area contributed by atoms with Crippen molar-refractivity contribution in [1.29, 1.82) is 0 Å². The van der Waals surface area contributed by atoms with E-state index in [1.54, 1.807) is 0 Å². The van der Waals surface area contributed by atoms with Crippen LogP contribution in [0.4, 0.5) is 17.6 Å². The van der Waals surface area contributed by atoms with Gasteiger partial charge in [-0.2, -0.15) is 13.2 Å². The fourth-order valence-corrected chi connectivity index (χ4v) is 2.60. The Bertz CT molecular complexity index is 465. The molecule has 1 aromatic carbocycles. The van der Waals surface area contributed by atoms with Gasteiger partial charge in [-0.3, -0.25) is 4.90 Å². The third-order valence-electron chi connectivity index (χ3n) is 3.37. The number of nitrogens with zero attached hydrogens (tertiary/aromatic N) is 1. The lowest BCUT2D eigenvalue weighted by molar-refractivity contribution is -0.137. The molecule has 1 atom stereocenters. The topological polar surface area (TPSA) is 15.3 Å². The van der Waals surface area contributed by atoms with Crippen LogP contribution in [0.3, 0.4) is 0 Å². The van der Waals surface area contributed by atoms with E-state index in [1.807, 2.05) is 4.90 Å². The first-order valence-corrected chi connectivity index (χ1v) is 6.68. The Kier molecular flexibility index (Phi) is 9.02. The number of nitrogens with one attached hydrogen (secondary N) is 1. The van der Waals surface area contributed by atoms with E-state index in [1.165, 1.54) is 6.07 Å². The molecule has 0 unspecified atom stereocenters. The van der Waals surface area contributed by atoms with E-state index in [2.05, 4.69) is 5.32 Å². The number of benzene rings is 1. The SMILES string of the molecule is Cl.Cl.FC[C@@H](c1cc(Cl)cc(C(F)(F)F)c1)N1CCNCC1. The van der Waals surface area contributed by atoms with E-state index in [0.717, 1.165) is 12.1 Å². The summed E-state index contributed by atoms with van der Waals surface area (Å²) in [4.78, 5) is 1.84. The minimum atomic E-state index is -4.48. The van der Waals surface area contributed by atoms with E-state index in [-0.39, 0.29) is 35.4 Å². The Morgan fingerprint density at radius 1 is 1.14 bits per heavy atom. The fourth-order valence-electron chi connectivity index (χ4n) is 2.36. The maximum Gasteiger partial charge on any atom is 0.416 e. The highest BCUT2D eigenvalue weighted by Crippen LogP contribution is 2.34. The Morgan fingerprint density at radius 2 is 1.73 bits per heavy atom. The molecule has 0 aromatic heterocycles. The lowest BCUT2D eigenvalue weighted by Crippen LogP contribution is -2.45. The molecule has 0 bridgehead atoms. The van der Waals surface area contributed by atoms with Gasteiger partial charge in [0, 0.05) is 31.2 Å². The lowest BCUT2D eigenvalue weighted by atomic mass is 10.0. The normalized spacial score (nSPS) is 17.3. The molecule has 0 amide bonds. The molecule has 0 aliphatic carbocycles. The first-order chi connectivity index (χ1) is 9.41. The van der Waals surface area contributed by atoms with Gasteiger partial charge in [0.2, 0.25) is 0 Å². The van der Waals surface area contributed by atoms with Crippen LogP contribution in [0.5, 0.6) is 0 Å². The monoisotopic (exact) mass is 382 g/mol. The first kappa shape index (κ1) is 21.7. The molecule has 0 saturated carbocycles. The summed E-state index contributed by atoms with van der Waals surface area (Å²) in [5, 5.41) is 3.10. The van der Waals surface area contributed by atoms with Gasteiger partial charge in [-0.1, -0.05) is 11.6 Å². The summed E-state index contributed by atoms with van der Waals surface area (Å²) in [6.45, 7) is 1.86. The molecular weight excluding hydrogens is 367 g/mol. The van der Waals surface area contributed by atoms with E-state index in [9.17, 15) is 17.6 Å². The number of hydrogen-bond donors (Lipinski definition) is 1. The largest absolute Gasteiger partial charge is 0.416 e. The molecule has 2 nitrogen and oxygen atoms in total. The zero-order chi connectivity index (χ0) is 14.8. The van der Waals surface area contributed by atoms with Crippen molar-refractivity contribution >= 4 is 36.4 Å². The van der Waals surface area contributed by atoms with Crippen molar-refractivity contribution in [3.05, 3.63) is 34.3 Å². The number of halogens is 7. The Balaban J connectivity index is 0.00000220. The second kappa shape index (κ2) is 9.13. The molecular formula is C13H17Cl3F4N2. The average Bonchev–Trinajstić information content (AvgIpc) is 2.39. The van der Waals surface area contributed by atoms with Crippen LogP contribution >= 0.6 is 36.4 Å². The van der Waals surface area contributed by atoms with E-state index >= 15 is 0 Å². The molecule has 0 radical (unpaired) electrons. The van der Waals surface area contributed by atoms with Crippen LogP contribution in [0.25, 0.3) is 0 Å². The number of rotatable bonds is 3. The number of alkyl halides is 4. The van der Waals surface area contributed by atoms with Crippen molar-refractivity contribution in [2.75, 3.05) is 32.9 Å². The summed E-state index contributed by atoms with van der Waals surface area (Å²) < 4.78 is 51.6. The van der Waals surface area contributed by atoms with E-state index in [0.29, 0.717) is 26.2 Å². The van der Waals surface area contributed by atoms with Gasteiger partial charge in [0.25, 0.3) is 0 Å². The highest BCUT2D eigenvalue weighted by atomic mass is 35.5. The zero-order valence-corrected chi connectivity index (χ0v) is 13.9. The summed E-state index contributed by atoms with van der Waals surface area (Å²) in [5.74, 6) is 0. The quantitative estimate of drug-likeness (QED) is 0.790. The Hall–Kier alpha value is -0.270. The summed E-state index contributed by atoms with van der Waals surface area (Å²) >= 11 is 5.74. The first-order valence-electron chi connectivity index (χ1n) is 6.30. The highest BCUT2D eigenvalue weighted by molar-refractivity contribution is 6.30. The third-order valence-corrected chi connectivity index (χ3v) is 3.59. The summed E-state index contributed by atoms with van der Waals surface area (Å²) in [6.07, 6.45) is -4.48. The molecule has 22 heavy (non-hydrogen) atoms. The van der Waals surface area contributed by atoms with Crippen LogP contribution in [0, 0.1) is 0 Å². The van der Waals surface area contributed by atoms with Crippen molar-refractivity contribution in [1.82, 2.24) is 10.2 Å². The van der Waals surface area contributed by atoms with Gasteiger partial charge in [-0.15, -0.1) is 24.8 Å². The van der Waals surface area contributed by atoms with Crippen LogP contribution in [0.2, 0.25) is 5.02 Å². The van der Waals surface area contributed by atoms with E-state index < -0.39 is 24.5 Å². The molecule has 1 N–H and O–H groups in total. The highest BCUT2D eigenvalue weighted by Gasteiger charge is 2.32. The van der Waals surface area contributed by atoms with E-state index in [4.69, 9.17) is 11.6 Å². The van der Waals surface area contributed by atoms with Gasteiger partial charge in [0.1, 0.15) is 6.67 Å². The molecule has 0 spiro atoms. The second-order valence-corrected chi connectivity index (χ2v) is 5.16. The van der Waals surface area contributed by atoms with Crippen molar-refractivity contribution < 1.29 is 17.6 Å². The third kappa shape index (κ3) is 5.42. The van der Waals surface area contributed by atoms with Crippen LogP contribution < -0.4 is 5.32 Å². The second-order valence-electron chi connectivity index (χ2n) is 4.73. The van der Waals surface area contributed by atoms with Gasteiger partial charge in [0.15, 0.2) is 0 Å². The van der Waals surface area contributed by atoms with Crippen molar-refractivity contribution in [2.45, 2.75) is 12.2 Å². The van der Waals surface area contributed by atoms with Crippen LogP contribution in [-0.4, -0.2) is 37.8 Å². The Labute approximate surface area is 144 Å². The van der Waals surface area contributed by atoms with Crippen LogP contribution in [0.1, 0.15) is 17.2 Å². The smallest absolute Gasteiger partial charge is 0.314 e. The zero-order valence-electron chi connectivity index (χ0n) is 11.5. The molecule has 1 aliphatic heterocycles. The van der Waals surface area contributed by atoms with Gasteiger partial charge < -0.3 is 5.32 Å². The van der Waals surface area contributed by atoms with Crippen LogP contribution in [-0.2, 0) is 6.18 Å². The summed E-state index contributed by atoms with van der Waals surface area (Å²) in [7, 11) is 0. The lowest BCUT2D eigenvalue weighted by Gasteiger charge is -2.34. The standard InChI is InChI=1S/C13H15ClF4N2.2ClH/c14-11-6-9(5-10(7-11)13(16,17)18)12(8-15)20-3-1-19-2-4-20;;/h5-7,12,19H,1-4,8H2;2*1H/t12-;;/m0../s1. The van der Waals surface area contributed by atoms with Crippen molar-refractivity contribution in [3.63, 3.8) is 0 Å². The molecule has 1 saturated heterocycles. The summed E-state index contributed by atoms with van der Waals surface area (Å²) in [6, 6.07) is 2.57. The number of hydrogen-bond acceptors (Lipinski definition) is 2. The molecule has 1 fully saturated rings. The minimum absolute atomic E-state index is 0. The maximum absolute atomic E-state index is 13.3. The molecule has 9 heteroatoms. The Morgan fingerprint density at radius 3 is 2.23 bits per heavy atom. The van der Waals surface area contributed by atoms with Crippen LogP contribution in [0.15, 0.2) is 18.2 Å². The predicted molar refractivity (Wildman–Crippen MR) is 84.1 cm³/mol. The molecule has 1 heterocycles. The van der Waals surface area contributed by atoms with Gasteiger partial charge in [-0.25, -0.2) is 4.39 Å². The maximum atomic E-state index is 13.3. The minimum Gasteiger partial charge on any atom is -0.314 e. The predicted octanol–water partition coefficient (Wildman–Crippen LogP) is 4.12. The molecule has 1 aromatic rings. The van der Waals surface area contributed by atoms with Gasteiger partial charge in [0.05, 0.1) is 11.6 Å². The van der Waals surface area contributed by atoms with Gasteiger partial charge >= 0.3 is 6.18 Å². The van der Waals surface area contributed by atoms with Crippen molar-refractivity contribution in [3.8, 4) is 0 Å². The molecule has 1 aliphatic rings. The van der Waals surface area contributed by atoms with Crippen molar-refractivity contribution in [2.24, 2.45) is 0 Å². The summed E-state index contributed by atoms with van der Waals surface area (Å²) in [5.41, 5.74) is -0.567. The molecule has 2 rings (SSSR count). The van der Waals surface area contributed by atoms with Gasteiger partial charge in [-0.05, 0) is 23.8 Å². The average molecular weight is 384 g/mol. The fraction of sp³-hybridized carbons (Fsp3) is 0.538. The molecule has 128 valence electrons. The number of piperazine rings is 1.